The summed E-state index contributed by atoms with van der Waals surface area (Å²) in [7, 11) is 0. The van der Waals surface area contributed by atoms with Crippen molar-refractivity contribution in [1.29, 1.82) is 0 Å². The van der Waals surface area contributed by atoms with Crippen LogP contribution >= 0.6 is 0 Å². The highest BCUT2D eigenvalue weighted by Crippen LogP contribution is 2.07. The number of hydrogen-bond donors (Lipinski definition) is 7. The lowest BCUT2D eigenvalue weighted by molar-refractivity contribution is -0.142. The summed E-state index contributed by atoms with van der Waals surface area (Å²) in [5, 5.41) is 17.1. The molecule has 12 nitrogen and oxygen atoms in total. The van der Waals surface area contributed by atoms with Crippen LogP contribution in [0.25, 0.3) is 0 Å². The Hall–Kier alpha value is -2.99. The van der Waals surface area contributed by atoms with E-state index in [-0.39, 0.29) is 18.9 Å². The third-order valence-electron chi connectivity index (χ3n) is 4.62. The summed E-state index contributed by atoms with van der Waals surface area (Å²) < 4.78 is 0. The number of nitrogens with one attached hydrogen (secondary N) is 4. The van der Waals surface area contributed by atoms with Gasteiger partial charge in [0, 0.05) is 18.3 Å². The average Bonchev–Trinajstić information content (AvgIpc) is 3.23. The average molecular weight is 440 g/mol. The summed E-state index contributed by atoms with van der Waals surface area (Å²) in [5.41, 5.74) is 11.3. The molecule has 0 saturated heterocycles. The second-order valence-corrected chi connectivity index (χ2v) is 7.52. The van der Waals surface area contributed by atoms with Crippen molar-refractivity contribution in [3.63, 3.8) is 0 Å². The smallest absolute Gasteiger partial charge is 0.326 e. The molecule has 12 heteroatoms. The number of unbranched alkanes of at least 4 members (excludes halogenated alkanes) is 1. The molecule has 1 heterocycles. The van der Waals surface area contributed by atoms with E-state index in [1.807, 2.05) is 0 Å². The summed E-state index contributed by atoms with van der Waals surface area (Å²) >= 11 is 0. The Labute approximate surface area is 180 Å². The molecule has 9 N–H and O–H groups in total. The third-order valence-corrected chi connectivity index (χ3v) is 4.62. The summed E-state index contributed by atoms with van der Waals surface area (Å²) in [6.07, 6.45) is 4.49. The summed E-state index contributed by atoms with van der Waals surface area (Å²) in [6, 6.07) is -3.08. The molecule has 3 atom stereocenters. The van der Waals surface area contributed by atoms with Gasteiger partial charge < -0.3 is 37.5 Å². The lowest BCUT2D eigenvalue weighted by Crippen LogP contribution is -2.58. The minimum atomic E-state index is -1.22. The van der Waals surface area contributed by atoms with Crippen molar-refractivity contribution in [2.24, 2.45) is 17.4 Å². The van der Waals surface area contributed by atoms with E-state index >= 15 is 0 Å². The molecule has 1 rings (SSSR count). The number of amides is 3. The van der Waals surface area contributed by atoms with Gasteiger partial charge >= 0.3 is 5.97 Å². The number of rotatable bonds is 14. The quantitative estimate of drug-likeness (QED) is 0.165. The number of hydrogen-bond acceptors (Lipinski definition) is 7. The fraction of sp³-hybridized carbons (Fsp3) is 0.632. The SMILES string of the molecule is CC(C)C(NC(=O)C(CCCCN)NC(=O)CN)C(=O)NC(Cc1cnc[nH]1)C(=O)O. The zero-order valence-corrected chi connectivity index (χ0v) is 17.9. The number of carbonyl (C=O) groups is 4. The van der Waals surface area contributed by atoms with Crippen LogP contribution < -0.4 is 27.4 Å². The first-order valence-corrected chi connectivity index (χ1v) is 10.2. The van der Waals surface area contributed by atoms with E-state index < -0.39 is 41.8 Å². The molecule has 0 spiro atoms. The van der Waals surface area contributed by atoms with Crippen LogP contribution in [0, 0.1) is 5.92 Å². The highest BCUT2D eigenvalue weighted by Gasteiger charge is 2.31. The maximum Gasteiger partial charge on any atom is 0.326 e. The monoisotopic (exact) mass is 439 g/mol. The molecule has 3 amide bonds. The van der Waals surface area contributed by atoms with Crippen LogP contribution in [-0.2, 0) is 25.6 Å². The van der Waals surface area contributed by atoms with Gasteiger partial charge in [-0.15, -0.1) is 0 Å². The lowest BCUT2D eigenvalue weighted by atomic mass is 10.0. The number of nitrogens with zero attached hydrogens (tertiary/aromatic N) is 1. The highest BCUT2D eigenvalue weighted by atomic mass is 16.4. The largest absolute Gasteiger partial charge is 0.480 e. The maximum atomic E-state index is 12.8. The van der Waals surface area contributed by atoms with E-state index in [0.717, 1.165) is 0 Å². The molecule has 0 radical (unpaired) electrons. The minimum absolute atomic E-state index is 0.00804. The van der Waals surface area contributed by atoms with Gasteiger partial charge in [-0.05, 0) is 31.7 Å². The van der Waals surface area contributed by atoms with Crippen molar-refractivity contribution < 1.29 is 24.3 Å². The second-order valence-electron chi connectivity index (χ2n) is 7.52. The number of imidazole rings is 1. The molecule has 0 saturated carbocycles. The van der Waals surface area contributed by atoms with Gasteiger partial charge in [0.05, 0.1) is 12.9 Å². The first-order chi connectivity index (χ1) is 14.7. The molecule has 0 aliphatic heterocycles. The van der Waals surface area contributed by atoms with E-state index in [0.29, 0.717) is 31.5 Å². The zero-order valence-electron chi connectivity index (χ0n) is 17.9. The first-order valence-electron chi connectivity index (χ1n) is 10.2. The number of carboxylic acids is 1. The molecule has 1 aromatic rings. The second kappa shape index (κ2) is 13.3. The molecular weight excluding hydrogens is 406 g/mol. The van der Waals surface area contributed by atoms with Gasteiger partial charge in [0.25, 0.3) is 0 Å². The standard InChI is InChI=1S/C19H33N7O5/c1-11(2)16(18(29)25-14(19(30)31)7-12-9-22-10-23-12)26-17(28)13(5-3-4-6-20)24-15(27)8-21/h9-11,13-14,16H,3-8,20-21H2,1-2H3,(H,22,23)(H,24,27)(H,25,29)(H,26,28)(H,30,31). The molecule has 174 valence electrons. The van der Waals surface area contributed by atoms with E-state index in [4.69, 9.17) is 11.5 Å². The normalized spacial score (nSPS) is 13.8. The van der Waals surface area contributed by atoms with Crippen LogP contribution in [0.5, 0.6) is 0 Å². The molecule has 0 fully saturated rings. The molecule has 0 aromatic carbocycles. The van der Waals surface area contributed by atoms with E-state index in [1.54, 1.807) is 13.8 Å². The summed E-state index contributed by atoms with van der Waals surface area (Å²) in [4.78, 5) is 55.4. The molecular formula is C19H33N7O5. The van der Waals surface area contributed by atoms with Crippen molar-refractivity contribution in [3.05, 3.63) is 18.2 Å². The Bertz CT molecular complexity index is 723. The maximum absolute atomic E-state index is 12.8. The number of aromatic nitrogens is 2. The Balaban J connectivity index is 2.86. The number of carboxylic acid groups (broad SMARTS) is 1. The number of carbonyl (C=O) groups excluding carboxylic acids is 3. The summed E-state index contributed by atoms with van der Waals surface area (Å²) in [5.74, 6) is -3.23. The predicted molar refractivity (Wildman–Crippen MR) is 113 cm³/mol. The molecule has 0 bridgehead atoms. The minimum Gasteiger partial charge on any atom is -0.480 e. The van der Waals surface area contributed by atoms with Crippen LogP contribution in [0.1, 0.15) is 38.8 Å². The number of nitrogens with two attached hydrogens (primary N) is 2. The summed E-state index contributed by atoms with van der Waals surface area (Å²) in [6.45, 7) is 3.61. The number of H-pyrrole nitrogens is 1. The van der Waals surface area contributed by atoms with Crippen molar-refractivity contribution >= 4 is 23.7 Å². The zero-order chi connectivity index (χ0) is 23.4. The van der Waals surface area contributed by atoms with Crippen molar-refractivity contribution in [2.45, 2.75) is 57.7 Å². The van der Waals surface area contributed by atoms with Gasteiger partial charge in [0.1, 0.15) is 18.1 Å². The number of aromatic amines is 1. The van der Waals surface area contributed by atoms with E-state index in [2.05, 4.69) is 25.9 Å². The molecule has 3 unspecified atom stereocenters. The molecule has 31 heavy (non-hydrogen) atoms. The van der Waals surface area contributed by atoms with Gasteiger partial charge in [-0.1, -0.05) is 13.8 Å². The van der Waals surface area contributed by atoms with Crippen molar-refractivity contribution in [2.75, 3.05) is 13.1 Å². The predicted octanol–water partition coefficient (Wildman–Crippen LogP) is -1.77. The molecule has 0 aliphatic rings. The van der Waals surface area contributed by atoms with Crippen LogP contribution in [-0.4, -0.2) is 70.0 Å². The van der Waals surface area contributed by atoms with Crippen LogP contribution in [0.15, 0.2) is 12.5 Å². The van der Waals surface area contributed by atoms with Crippen LogP contribution in [0.4, 0.5) is 0 Å². The van der Waals surface area contributed by atoms with Crippen molar-refractivity contribution in [3.8, 4) is 0 Å². The fourth-order valence-corrected chi connectivity index (χ4v) is 2.88. The van der Waals surface area contributed by atoms with E-state index in [9.17, 15) is 24.3 Å². The molecule has 0 aliphatic carbocycles. The Morgan fingerprint density at radius 2 is 1.77 bits per heavy atom. The first kappa shape index (κ1) is 26.0. The Morgan fingerprint density at radius 3 is 2.29 bits per heavy atom. The fourth-order valence-electron chi connectivity index (χ4n) is 2.88. The van der Waals surface area contributed by atoms with Gasteiger partial charge in [0.2, 0.25) is 17.7 Å². The van der Waals surface area contributed by atoms with Gasteiger partial charge in [-0.3, -0.25) is 14.4 Å². The van der Waals surface area contributed by atoms with Crippen LogP contribution in [0.3, 0.4) is 0 Å². The van der Waals surface area contributed by atoms with E-state index in [1.165, 1.54) is 12.5 Å². The van der Waals surface area contributed by atoms with Gasteiger partial charge in [0.15, 0.2) is 0 Å². The van der Waals surface area contributed by atoms with Crippen LogP contribution in [0.2, 0.25) is 0 Å². The van der Waals surface area contributed by atoms with Gasteiger partial charge in [-0.2, -0.15) is 0 Å². The number of aliphatic carboxylic acids is 1. The highest BCUT2D eigenvalue weighted by molar-refractivity contribution is 5.93. The van der Waals surface area contributed by atoms with Crippen molar-refractivity contribution in [1.82, 2.24) is 25.9 Å². The lowest BCUT2D eigenvalue weighted by Gasteiger charge is -2.26. The Morgan fingerprint density at radius 1 is 1.06 bits per heavy atom. The van der Waals surface area contributed by atoms with Gasteiger partial charge in [-0.25, -0.2) is 9.78 Å². The molecule has 1 aromatic heterocycles. The Kier molecular flexibility index (Phi) is 11.2. The third kappa shape index (κ3) is 9.13. The topological polar surface area (TPSA) is 205 Å².